The van der Waals surface area contributed by atoms with Crippen molar-refractivity contribution in [1.82, 2.24) is 5.32 Å². The molecule has 2 rings (SSSR count). The van der Waals surface area contributed by atoms with Gasteiger partial charge in [0.25, 0.3) is 5.91 Å². The third-order valence-electron chi connectivity index (χ3n) is 3.96. The lowest BCUT2D eigenvalue weighted by molar-refractivity contribution is -0.0693. The van der Waals surface area contributed by atoms with Gasteiger partial charge >= 0.3 is 0 Å². The highest BCUT2D eigenvalue weighted by Crippen LogP contribution is 2.37. The van der Waals surface area contributed by atoms with E-state index in [2.05, 4.69) is 5.32 Å². The smallest absolute Gasteiger partial charge is 0.251 e. The van der Waals surface area contributed by atoms with E-state index in [1.54, 1.807) is 0 Å². The number of carbonyl (C=O) groups excluding carboxylic acids is 1. The summed E-state index contributed by atoms with van der Waals surface area (Å²) in [5.41, 5.74) is 5.09. The summed E-state index contributed by atoms with van der Waals surface area (Å²) in [7, 11) is -3.91. The maximum absolute atomic E-state index is 12.4. The van der Waals surface area contributed by atoms with Crippen LogP contribution < -0.4 is 16.2 Å². The van der Waals surface area contributed by atoms with E-state index in [1.807, 2.05) is 27.7 Å². The Morgan fingerprint density at radius 3 is 2.35 bits per heavy atom. The van der Waals surface area contributed by atoms with Crippen LogP contribution >= 0.6 is 0 Å². The van der Waals surface area contributed by atoms with E-state index >= 15 is 0 Å². The molecular weight excluding hydrogens is 318 g/mol. The van der Waals surface area contributed by atoms with Gasteiger partial charge in [-0.1, -0.05) is 0 Å². The standard InChI is InChI=1S/C15H23N3O4S/c1-14(2)8-12(15(3,4)22-14)18-13(19)9-5-6-11(10(16)7-9)23(17,20)21/h5-7,12H,8,16H2,1-4H3,(H,18,19)(H2,17,20,21)/t12-/m1/s1. The Balaban J connectivity index is 2.21. The summed E-state index contributed by atoms with van der Waals surface area (Å²) in [5, 5.41) is 7.98. The number of nitrogen functional groups attached to an aromatic ring is 1. The summed E-state index contributed by atoms with van der Waals surface area (Å²) in [6.45, 7) is 7.79. The summed E-state index contributed by atoms with van der Waals surface area (Å²) in [5.74, 6) is -0.336. The van der Waals surface area contributed by atoms with Crippen molar-refractivity contribution in [3.8, 4) is 0 Å². The normalized spacial score (nSPS) is 22.7. The molecule has 1 fully saturated rings. The van der Waals surface area contributed by atoms with Gasteiger partial charge in [0, 0.05) is 5.56 Å². The molecule has 1 atom stereocenters. The van der Waals surface area contributed by atoms with Gasteiger partial charge in [-0.25, -0.2) is 13.6 Å². The second kappa shape index (κ2) is 5.47. The fourth-order valence-corrected chi connectivity index (χ4v) is 3.62. The third kappa shape index (κ3) is 3.82. The van der Waals surface area contributed by atoms with Crippen LogP contribution in [-0.2, 0) is 14.8 Å². The maximum Gasteiger partial charge on any atom is 0.251 e. The van der Waals surface area contributed by atoms with Crippen LogP contribution in [-0.4, -0.2) is 31.6 Å². The molecular formula is C15H23N3O4S. The number of nitrogens with two attached hydrogens (primary N) is 2. The number of sulfonamides is 1. The number of amides is 1. The molecule has 0 aliphatic carbocycles. The number of benzene rings is 1. The van der Waals surface area contributed by atoms with E-state index in [9.17, 15) is 13.2 Å². The lowest BCUT2D eigenvalue weighted by Gasteiger charge is -2.27. The molecule has 128 valence electrons. The first kappa shape index (κ1) is 17.7. The molecule has 7 nitrogen and oxygen atoms in total. The predicted octanol–water partition coefficient (Wildman–Crippen LogP) is 0.992. The average molecular weight is 341 g/mol. The highest BCUT2D eigenvalue weighted by molar-refractivity contribution is 7.89. The molecule has 0 spiro atoms. The van der Waals surface area contributed by atoms with Gasteiger partial charge in [0.2, 0.25) is 10.0 Å². The van der Waals surface area contributed by atoms with Crippen molar-refractivity contribution in [2.75, 3.05) is 5.73 Å². The van der Waals surface area contributed by atoms with Crippen LogP contribution in [0.25, 0.3) is 0 Å². The Kier molecular flexibility index (Phi) is 4.21. The minimum atomic E-state index is -3.91. The SMILES string of the molecule is CC1(C)C[C@@H](NC(=O)c2ccc(S(N)(=O)=O)c(N)c2)C(C)(C)O1. The molecule has 1 amide bonds. The highest BCUT2D eigenvalue weighted by atomic mass is 32.2. The van der Waals surface area contributed by atoms with E-state index in [-0.39, 0.29) is 33.7 Å². The molecule has 0 saturated carbocycles. The zero-order valence-corrected chi connectivity index (χ0v) is 14.5. The summed E-state index contributed by atoms with van der Waals surface area (Å²) in [4.78, 5) is 12.2. The molecule has 23 heavy (non-hydrogen) atoms. The molecule has 1 aromatic carbocycles. The second-order valence-electron chi connectivity index (χ2n) is 6.99. The predicted molar refractivity (Wildman–Crippen MR) is 87.3 cm³/mol. The zero-order chi connectivity index (χ0) is 17.6. The van der Waals surface area contributed by atoms with Gasteiger partial charge in [0.1, 0.15) is 4.90 Å². The minimum Gasteiger partial charge on any atom is -0.398 e. The number of anilines is 1. The van der Waals surface area contributed by atoms with Gasteiger partial charge < -0.3 is 15.8 Å². The summed E-state index contributed by atoms with van der Waals surface area (Å²) in [6.07, 6.45) is 0.677. The Labute approximate surface area is 136 Å². The first-order valence-electron chi connectivity index (χ1n) is 7.25. The van der Waals surface area contributed by atoms with Crippen LogP contribution in [0.1, 0.15) is 44.5 Å². The van der Waals surface area contributed by atoms with E-state index in [0.29, 0.717) is 6.42 Å². The van der Waals surface area contributed by atoms with Gasteiger partial charge in [-0.05, 0) is 52.3 Å². The van der Waals surface area contributed by atoms with Gasteiger partial charge in [0.15, 0.2) is 0 Å². The quantitative estimate of drug-likeness (QED) is 0.707. The van der Waals surface area contributed by atoms with Gasteiger partial charge in [0.05, 0.1) is 22.9 Å². The lowest BCUT2D eigenvalue weighted by Crippen LogP contribution is -2.46. The first-order valence-corrected chi connectivity index (χ1v) is 8.80. The van der Waals surface area contributed by atoms with E-state index < -0.39 is 15.6 Å². The van der Waals surface area contributed by atoms with Crippen LogP contribution in [0.2, 0.25) is 0 Å². The summed E-state index contributed by atoms with van der Waals surface area (Å²) >= 11 is 0. The van der Waals surface area contributed by atoms with Crippen molar-refractivity contribution in [1.29, 1.82) is 0 Å². The lowest BCUT2D eigenvalue weighted by atomic mass is 9.94. The Morgan fingerprint density at radius 2 is 1.91 bits per heavy atom. The van der Waals surface area contributed by atoms with Crippen LogP contribution in [0, 0.1) is 0 Å². The van der Waals surface area contributed by atoms with Crippen molar-refractivity contribution in [3.63, 3.8) is 0 Å². The highest BCUT2D eigenvalue weighted by Gasteiger charge is 2.46. The van der Waals surface area contributed by atoms with Crippen LogP contribution in [0.3, 0.4) is 0 Å². The van der Waals surface area contributed by atoms with Crippen LogP contribution in [0.15, 0.2) is 23.1 Å². The molecule has 1 heterocycles. The second-order valence-corrected chi connectivity index (χ2v) is 8.52. The van der Waals surface area contributed by atoms with Crippen molar-refractivity contribution in [3.05, 3.63) is 23.8 Å². The largest absolute Gasteiger partial charge is 0.398 e. The minimum absolute atomic E-state index is 0.0533. The molecule has 1 saturated heterocycles. The number of primary sulfonamides is 1. The van der Waals surface area contributed by atoms with Gasteiger partial charge in [-0.15, -0.1) is 0 Å². The monoisotopic (exact) mass is 341 g/mol. The Morgan fingerprint density at radius 1 is 1.30 bits per heavy atom. The molecule has 0 radical (unpaired) electrons. The van der Waals surface area contributed by atoms with Crippen LogP contribution in [0.5, 0.6) is 0 Å². The fraction of sp³-hybridized carbons (Fsp3) is 0.533. The number of ether oxygens (including phenoxy) is 1. The van der Waals surface area contributed by atoms with Crippen molar-refractivity contribution < 1.29 is 17.9 Å². The number of hydrogen-bond donors (Lipinski definition) is 3. The Hall–Kier alpha value is -1.64. The summed E-state index contributed by atoms with van der Waals surface area (Å²) in [6, 6.07) is 3.77. The zero-order valence-electron chi connectivity index (χ0n) is 13.7. The fourth-order valence-electron chi connectivity index (χ4n) is 2.98. The molecule has 8 heteroatoms. The number of carbonyl (C=O) groups is 1. The maximum atomic E-state index is 12.4. The number of hydrogen-bond acceptors (Lipinski definition) is 5. The molecule has 0 unspecified atom stereocenters. The molecule has 5 N–H and O–H groups in total. The Bertz CT molecular complexity index is 741. The van der Waals surface area contributed by atoms with E-state index in [4.69, 9.17) is 15.6 Å². The molecule has 1 aliphatic rings. The topological polar surface area (TPSA) is 125 Å². The molecule has 0 bridgehead atoms. The first-order chi connectivity index (χ1) is 10.3. The number of nitrogens with one attached hydrogen (secondary N) is 1. The van der Waals surface area contributed by atoms with Gasteiger partial charge in [-0.2, -0.15) is 0 Å². The summed E-state index contributed by atoms with van der Waals surface area (Å²) < 4.78 is 28.6. The van der Waals surface area contributed by atoms with E-state index in [1.165, 1.54) is 18.2 Å². The van der Waals surface area contributed by atoms with E-state index in [0.717, 1.165) is 0 Å². The van der Waals surface area contributed by atoms with Crippen molar-refractivity contribution in [2.24, 2.45) is 5.14 Å². The molecule has 1 aromatic rings. The molecule has 1 aliphatic heterocycles. The molecule has 0 aromatic heterocycles. The van der Waals surface area contributed by atoms with Gasteiger partial charge in [-0.3, -0.25) is 4.79 Å². The third-order valence-corrected chi connectivity index (χ3v) is 4.94. The van der Waals surface area contributed by atoms with Crippen molar-refractivity contribution in [2.45, 2.75) is 56.3 Å². The van der Waals surface area contributed by atoms with Crippen molar-refractivity contribution >= 4 is 21.6 Å². The van der Waals surface area contributed by atoms with Crippen LogP contribution in [0.4, 0.5) is 5.69 Å². The average Bonchev–Trinajstić information content (AvgIpc) is 2.55. The number of rotatable bonds is 3.